The lowest BCUT2D eigenvalue weighted by molar-refractivity contribution is 0.122. The van der Waals surface area contributed by atoms with Crippen molar-refractivity contribution in [3.63, 3.8) is 0 Å². The Morgan fingerprint density at radius 2 is 1.70 bits per heavy atom. The number of rotatable bonds is 4. The van der Waals surface area contributed by atoms with Crippen LogP contribution in [0.5, 0.6) is 0 Å². The van der Waals surface area contributed by atoms with Crippen molar-refractivity contribution >= 4 is 26.7 Å². The van der Waals surface area contributed by atoms with Crippen LogP contribution < -0.4 is 4.90 Å². The minimum atomic E-state index is -3.99. The highest BCUT2D eigenvalue weighted by Gasteiger charge is 2.35. The Bertz CT molecular complexity index is 1240. The molecular formula is C22H22N4O3S. The second-order valence-electron chi connectivity index (χ2n) is 7.32. The number of hydrogen-bond donors (Lipinski definition) is 0. The molecule has 2 aromatic carbocycles. The summed E-state index contributed by atoms with van der Waals surface area (Å²) in [6.07, 6.45) is 0. The van der Waals surface area contributed by atoms with Crippen LogP contribution in [0.1, 0.15) is 22.1 Å². The number of aromatic nitrogens is 2. The molecule has 0 N–H and O–H groups in total. The van der Waals surface area contributed by atoms with E-state index in [2.05, 4.69) is 4.98 Å². The molecule has 1 unspecified atom stereocenters. The molecule has 0 saturated carbocycles. The number of hydrogen-bond acceptors (Lipinski definition) is 7. The average molecular weight is 423 g/mol. The van der Waals surface area contributed by atoms with E-state index in [0.29, 0.717) is 43.2 Å². The number of fused-ring (bicyclic) bond motifs is 1. The maximum atomic E-state index is 13.5. The van der Waals surface area contributed by atoms with Gasteiger partial charge < -0.3 is 9.64 Å². The second kappa shape index (κ2) is 8.01. The van der Waals surface area contributed by atoms with Crippen molar-refractivity contribution in [1.29, 1.82) is 5.26 Å². The van der Waals surface area contributed by atoms with Crippen LogP contribution in [0.3, 0.4) is 0 Å². The SMILES string of the molecule is Cc1ccc(S(=O)(=O)C(C#N)c2nc3ccccc3nc2N2CCOCC2)cc1C. The van der Waals surface area contributed by atoms with Gasteiger partial charge in [-0.25, -0.2) is 18.4 Å². The first-order valence-corrected chi connectivity index (χ1v) is 11.3. The van der Waals surface area contributed by atoms with Crippen molar-refractivity contribution in [3.8, 4) is 6.07 Å². The van der Waals surface area contributed by atoms with Gasteiger partial charge in [0.15, 0.2) is 11.1 Å². The molecule has 8 heteroatoms. The highest BCUT2D eigenvalue weighted by Crippen LogP contribution is 2.34. The first-order valence-electron chi connectivity index (χ1n) is 9.72. The summed E-state index contributed by atoms with van der Waals surface area (Å²) in [6, 6.07) is 14.2. The summed E-state index contributed by atoms with van der Waals surface area (Å²) >= 11 is 0. The normalized spacial score (nSPS) is 15.7. The zero-order valence-electron chi connectivity index (χ0n) is 16.9. The van der Waals surface area contributed by atoms with Crippen molar-refractivity contribution in [3.05, 3.63) is 59.3 Å². The fourth-order valence-electron chi connectivity index (χ4n) is 3.49. The zero-order chi connectivity index (χ0) is 21.3. The predicted octanol–water partition coefficient (Wildman–Crippen LogP) is 3.12. The summed E-state index contributed by atoms with van der Waals surface area (Å²) in [5.41, 5.74) is 3.21. The van der Waals surface area contributed by atoms with E-state index < -0.39 is 15.1 Å². The number of nitriles is 1. The van der Waals surface area contributed by atoms with Crippen molar-refractivity contribution in [2.45, 2.75) is 24.0 Å². The van der Waals surface area contributed by atoms with E-state index in [4.69, 9.17) is 9.72 Å². The molecule has 0 aliphatic carbocycles. The van der Waals surface area contributed by atoms with Crippen LogP contribution in [-0.2, 0) is 14.6 Å². The van der Waals surface area contributed by atoms with Crippen molar-refractivity contribution in [1.82, 2.24) is 9.97 Å². The molecular weight excluding hydrogens is 400 g/mol. The summed E-state index contributed by atoms with van der Waals surface area (Å²) < 4.78 is 32.4. The van der Waals surface area contributed by atoms with E-state index in [1.54, 1.807) is 24.3 Å². The Morgan fingerprint density at radius 3 is 2.33 bits per heavy atom. The van der Waals surface area contributed by atoms with E-state index in [0.717, 1.165) is 11.1 Å². The van der Waals surface area contributed by atoms with Gasteiger partial charge in [-0.2, -0.15) is 5.26 Å². The number of nitrogens with zero attached hydrogens (tertiary/aromatic N) is 4. The van der Waals surface area contributed by atoms with Crippen LogP contribution in [-0.4, -0.2) is 44.7 Å². The number of sulfone groups is 1. The number of aryl methyl sites for hydroxylation is 2. The average Bonchev–Trinajstić information content (AvgIpc) is 2.76. The topological polar surface area (TPSA) is 96.2 Å². The summed E-state index contributed by atoms with van der Waals surface area (Å²) in [5, 5.41) is 8.49. The largest absolute Gasteiger partial charge is 0.378 e. The molecule has 0 radical (unpaired) electrons. The van der Waals surface area contributed by atoms with Gasteiger partial charge in [0.2, 0.25) is 9.84 Å². The van der Waals surface area contributed by atoms with E-state index in [-0.39, 0.29) is 10.6 Å². The number of morpholine rings is 1. The lowest BCUT2D eigenvalue weighted by Gasteiger charge is -2.30. The molecule has 2 heterocycles. The highest BCUT2D eigenvalue weighted by molar-refractivity contribution is 7.92. The molecule has 1 aliphatic rings. The molecule has 0 spiro atoms. The minimum absolute atomic E-state index is 0.111. The Labute approximate surface area is 175 Å². The third kappa shape index (κ3) is 3.62. The first-order chi connectivity index (χ1) is 14.4. The number of anilines is 1. The van der Waals surface area contributed by atoms with Crippen LogP contribution in [0.4, 0.5) is 5.82 Å². The lowest BCUT2D eigenvalue weighted by atomic mass is 10.1. The van der Waals surface area contributed by atoms with Crippen molar-refractivity contribution in [2.75, 3.05) is 31.2 Å². The maximum absolute atomic E-state index is 13.5. The van der Waals surface area contributed by atoms with Crippen LogP contribution in [0.2, 0.25) is 0 Å². The van der Waals surface area contributed by atoms with Gasteiger partial charge in [-0.05, 0) is 49.2 Å². The predicted molar refractivity (Wildman–Crippen MR) is 114 cm³/mol. The lowest BCUT2D eigenvalue weighted by Crippen LogP contribution is -2.38. The van der Waals surface area contributed by atoms with Gasteiger partial charge in [-0.3, -0.25) is 0 Å². The molecule has 1 aromatic heterocycles. The first kappa shape index (κ1) is 20.3. The smallest absolute Gasteiger partial charge is 0.200 e. The molecule has 0 bridgehead atoms. The molecule has 1 saturated heterocycles. The summed E-state index contributed by atoms with van der Waals surface area (Å²) in [4.78, 5) is 11.4. The third-order valence-corrected chi connectivity index (χ3v) is 7.23. The fourth-order valence-corrected chi connectivity index (χ4v) is 4.95. The van der Waals surface area contributed by atoms with Crippen LogP contribution >= 0.6 is 0 Å². The summed E-state index contributed by atoms with van der Waals surface area (Å²) in [7, 11) is -3.99. The van der Waals surface area contributed by atoms with Gasteiger partial charge in [0.1, 0.15) is 5.69 Å². The van der Waals surface area contributed by atoms with Crippen molar-refractivity contribution < 1.29 is 13.2 Å². The maximum Gasteiger partial charge on any atom is 0.200 e. The molecule has 1 aliphatic heterocycles. The molecule has 4 rings (SSSR count). The Hall–Kier alpha value is -3.02. The molecule has 0 amide bonds. The molecule has 3 aromatic rings. The van der Waals surface area contributed by atoms with Crippen molar-refractivity contribution in [2.24, 2.45) is 0 Å². The summed E-state index contributed by atoms with van der Waals surface area (Å²) in [6.45, 7) is 5.90. The second-order valence-corrected chi connectivity index (χ2v) is 9.35. The molecule has 1 atom stereocenters. The van der Waals surface area contributed by atoms with Gasteiger partial charge in [0.05, 0.1) is 35.2 Å². The standard InChI is InChI=1S/C22H22N4O3S/c1-15-7-8-17(13-16(15)2)30(27,28)20(14-23)21-22(26-9-11-29-12-10-26)25-19-6-4-3-5-18(19)24-21/h3-8,13,20H,9-12H2,1-2H3. The number of benzene rings is 2. The van der Waals surface area contributed by atoms with Crippen LogP contribution in [0.25, 0.3) is 11.0 Å². The summed E-state index contributed by atoms with van der Waals surface area (Å²) in [5.74, 6) is 0.427. The third-order valence-electron chi connectivity index (χ3n) is 5.37. The number of ether oxygens (including phenoxy) is 1. The molecule has 30 heavy (non-hydrogen) atoms. The van der Waals surface area contributed by atoms with E-state index in [1.807, 2.05) is 43.0 Å². The molecule has 154 valence electrons. The Balaban J connectivity index is 1.90. The number of para-hydroxylation sites is 2. The van der Waals surface area contributed by atoms with Gasteiger partial charge in [0.25, 0.3) is 0 Å². The Morgan fingerprint density at radius 1 is 1.03 bits per heavy atom. The highest BCUT2D eigenvalue weighted by atomic mass is 32.2. The fraction of sp³-hybridized carbons (Fsp3) is 0.318. The van der Waals surface area contributed by atoms with Gasteiger partial charge >= 0.3 is 0 Å². The van der Waals surface area contributed by atoms with Crippen LogP contribution in [0, 0.1) is 25.2 Å². The van der Waals surface area contributed by atoms with E-state index in [1.165, 1.54) is 0 Å². The Kier molecular flexibility index (Phi) is 5.41. The quantitative estimate of drug-likeness (QED) is 0.637. The zero-order valence-corrected chi connectivity index (χ0v) is 17.7. The van der Waals surface area contributed by atoms with E-state index >= 15 is 0 Å². The monoisotopic (exact) mass is 422 g/mol. The van der Waals surface area contributed by atoms with E-state index in [9.17, 15) is 13.7 Å². The van der Waals surface area contributed by atoms with Crippen LogP contribution in [0.15, 0.2) is 47.4 Å². The van der Waals surface area contributed by atoms with Gasteiger partial charge in [0, 0.05) is 13.1 Å². The van der Waals surface area contributed by atoms with Gasteiger partial charge in [-0.1, -0.05) is 18.2 Å². The van der Waals surface area contributed by atoms with Gasteiger partial charge in [-0.15, -0.1) is 0 Å². The minimum Gasteiger partial charge on any atom is -0.378 e. The molecule has 1 fully saturated rings. The molecule has 7 nitrogen and oxygen atoms in total.